The highest BCUT2D eigenvalue weighted by molar-refractivity contribution is 7.81. The average molecular weight is 543 g/mol. The van der Waals surface area contributed by atoms with Gasteiger partial charge in [0.05, 0.1) is 37.7 Å². The van der Waals surface area contributed by atoms with Gasteiger partial charge in [-0.25, -0.2) is 0 Å². The first kappa shape index (κ1) is 29.0. The van der Waals surface area contributed by atoms with Crippen molar-refractivity contribution in [3.8, 4) is 5.75 Å². The summed E-state index contributed by atoms with van der Waals surface area (Å²) in [6.07, 6.45) is 4.68. The van der Waals surface area contributed by atoms with Crippen molar-refractivity contribution in [3.63, 3.8) is 0 Å². The number of carbonyl (C=O) groups excluding carboxylic acids is 5. The summed E-state index contributed by atoms with van der Waals surface area (Å²) in [5, 5.41) is 7.16. The number of rotatable bonds is 16. The molecule has 0 saturated heterocycles. The quantitative estimate of drug-likeness (QED) is 0.144. The predicted octanol–water partition coefficient (Wildman–Crippen LogP) is 1.45. The van der Waals surface area contributed by atoms with Crippen LogP contribution in [0.2, 0.25) is 0 Å². The minimum Gasteiger partial charge on any atom is -0.494 e. The summed E-state index contributed by atoms with van der Waals surface area (Å²) in [5.74, 6) is -0.791. The lowest BCUT2D eigenvalue weighted by Crippen LogP contribution is -2.43. The zero-order valence-corrected chi connectivity index (χ0v) is 22.2. The van der Waals surface area contributed by atoms with E-state index in [4.69, 9.17) is 4.74 Å². The van der Waals surface area contributed by atoms with E-state index in [9.17, 15) is 24.0 Å². The lowest BCUT2D eigenvalue weighted by molar-refractivity contribution is -0.128. The Kier molecular flexibility index (Phi) is 11.4. The first-order valence-corrected chi connectivity index (χ1v) is 13.4. The summed E-state index contributed by atoms with van der Waals surface area (Å²) in [6, 6.07) is 11.1. The van der Waals surface area contributed by atoms with E-state index in [-0.39, 0.29) is 42.9 Å². The summed E-state index contributed by atoms with van der Waals surface area (Å²) in [7, 11) is 0. The van der Waals surface area contributed by atoms with E-state index in [1.54, 1.807) is 24.3 Å². The number of aromatic nitrogens is 1. The van der Waals surface area contributed by atoms with Crippen molar-refractivity contribution in [2.45, 2.75) is 45.1 Å². The van der Waals surface area contributed by atoms with E-state index in [0.717, 1.165) is 37.9 Å². The molecule has 0 spiro atoms. The number of ketones is 2. The molecule has 3 N–H and O–H groups in total. The van der Waals surface area contributed by atoms with Crippen molar-refractivity contribution in [1.29, 1.82) is 0 Å². The summed E-state index contributed by atoms with van der Waals surface area (Å²) < 4.78 is 7.85. The van der Waals surface area contributed by atoms with Crippen LogP contribution in [0.15, 0.2) is 36.4 Å². The minimum atomic E-state index is -0.506. The van der Waals surface area contributed by atoms with Gasteiger partial charge < -0.3 is 25.3 Å². The van der Waals surface area contributed by atoms with Crippen LogP contribution in [-0.4, -0.2) is 65.8 Å². The Bertz CT molecular complexity index is 1140. The third-order valence-corrected chi connectivity index (χ3v) is 6.41. The maximum atomic E-state index is 12.8. The lowest BCUT2D eigenvalue weighted by atomic mass is 10.1. The highest BCUT2D eigenvalue weighted by atomic mass is 32.1. The van der Waals surface area contributed by atoms with Crippen LogP contribution in [0.25, 0.3) is 0 Å². The topological polar surface area (TPSA) is 136 Å². The minimum absolute atomic E-state index is 0.0187. The van der Waals surface area contributed by atoms with E-state index in [1.807, 2.05) is 12.1 Å². The number of benzene rings is 1. The summed E-state index contributed by atoms with van der Waals surface area (Å²) >= 11 is 3.77. The first-order chi connectivity index (χ1) is 18.4. The van der Waals surface area contributed by atoms with Gasteiger partial charge in [0.1, 0.15) is 5.75 Å². The van der Waals surface area contributed by atoms with Gasteiger partial charge in [-0.3, -0.25) is 24.0 Å². The molecule has 0 radical (unpaired) electrons. The Labute approximate surface area is 227 Å². The first-order valence-electron chi connectivity index (χ1n) is 12.8. The zero-order valence-electron chi connectivity index (χ0n) is 21.3. The molecule has 1 aliphatic rings. The largest absolute Gasteiger partial charge is 0.494 e. The molecule has 10 nitrogen and oxygen atoms in total. The number of hydrogen-bond acceptors (Lipinski definition) is 7. The average Bonchev–Trinajstić information content (AvgIpc) is 3.55. The van der Waals surface area contributed by atoms with Crippen LogP contribution in [0.1, 0.15) is 53.8 Å². The van der Waals surface area contributed by atoms with Crippen LogP contribution < -0.4 is 20.7 Å². The third kappa shape index (κ3) is 9.05. The number of amides is 3. The number of carbonyl (C=O) groups is 5. The van der Waals surface area contributed by atoms with E-state index >= 15 is 0 Å². The Morgan fingerprint density at radius 3 is 2.21 bits per heavy atom. The van der Waals surface area contributed by atoms with Crippen molar-refractivity contribution < 1.29 is 28.7 Å². The van der Waals surface area contributed by atoms with Crippen LogP contribution in [-0.2, 0) is 32.1 Å². The number of fused-ring (bicyclic) bond motifs is 1. The van der Waals surface area contributed by atoms with Gasteiger partial charge in [-0.05, 0) is 68.5 Å². The molecule has 0 saturated carbocycles. The Morgan fingerprint density at radius 1 is 0.816 bits per heavy atom. The van der Waals surface area contributed by atoms with Crippen molar-refractivity contribution in [1.82, 2.24) is 20.5 Å². The van der Waals surface area contributed by atoms with Crippen molar-refractivity contribution in [3.05, 3.63) is 53.3 Å². The number of thiol groups is 1. The second-order valence-electron chi connectivity index (χ2n) is 9.00. The van der Waals surface area contributed by atoms with Crippen LogP contribution in [0.3, 0.4) is 0 Å². The molecule has 11 heteroatoms. The van der Waals surface area contributed by atoms with Gasteiger partial charge in [0.15, 0.2) is 5.78 Å². The predicted molar refractivity (Wildman–Crippen MR) is 144 cm³/mol. The van der Waals surface area contributed by atoms with Crippen LogP contribution >= 0.6 is 12.6 Å². The molecule has 3 rings (SSSR count). The van der Waals surface area contributed by atoms with E-state index in [0.29, 0.717) is 30.8 Å². The molecule has 38 heavy (non-hydrogen) atoms. The fourth-order valence-electron chi connectivity index (χ4n) is 4.07. The normalized spacial score (nSPS) is 11.9. The van der Waals surface area contributed by atoms with Gasteiger partial charge >= 0.3 is 0 Å². The molecule has 1 aromatic carbocycles. The van der Waals surface area contributed by atoms with Gasteiger partial charge in [0, 0.05) is 24.2 Å². The molecule has 0 atom stereocenters. The number of unbranched alkanes of at least 4 members (excludes halogenated alkanes) is 2. The SMILES string of the molecule is O=C(CCCCCOc1ccc(C(=O)c2ccc3n2CCC3)cc1)CNC(=O)CNC(=O)CNC(=O)CS. The van der Waals surface area contributed by atoms with Gasteiger partial charge in [-0.1, -0.05) is 0 Å². The molecular weight excluding hydrogens is 508 g/mol. The second kappa shape index (κ2) is 15.0. The van der Waals surface area contributed by atoms with Gasteiger partial charge in [0.25, 0.3) is 0 Å². The standard InChI is InChI=1S/C27H34N4O6S/c32-21(15-28-24(33)16-29-25(34)17-30-26(35)18-38)6-2-1-3-14-37-22-10-7-19(8-11-22)27(36)23-12-9-20-5-4-13-31(20)23/h7-12,38H,1-6,13-18H2,(H,28,33)(H,29,34)(H,30,35). The van der Waals surface area contributed by atoms with E-state index in [2.05, 4.69) is 33.1 Å². The molecule has 0 fully saturated rings. The fraction of sp³-hybridized carbons (Fsp3) is 0.444. The smallest absolute Gasteiger partial charge is 0.239 e. The summed E-state index contributed by atoms with van der Waals surface area (Å²) in [5.41, 5.74) is 2.59. The molecule has 2 aromatic rings. The van der Waals surface area contributed by atoms with Crippen molar-refractivity contribution in [2.24, 2.45) is 0 Å². The number of hydrogen-bond donors (Lipinski definition) is 4. The maximum absolute atomic E-state index is 12.8. The van der Waals surface area contributed by atoms with Crippen LogP contribution in [0, 0.1) is 0 Å². The summed E-state index contributed by atoms with van der Waals surface area (Å²) in [6.45, 7) is 0.780. The molecule has 204 valence electrons. The van der Waals surface area contributed by atoms with Crippen molar-refractivity contribution >= 4 is 41.9 Å². The van der Waals surface area contributed by atoms with Crippen LogP contribution in [0.4, 0.5) is 0 Å². The Hall–Kier alpha value is -3.60. The molecule has 2 heterocycles. The lowest BCUT2D eigenvalue weighted by Gasteiger charge is -2.09. The molecular formula is C27H34N4O6S. The molecule has 1 aromatic heterocycles. The summed E-state index contributed by atoms with van der Waals surface area (Å²) in [4.78, 5) is 59.1. The van der Waals surface area contributed by atoms with Crippen LogP contribution in [0.5, 0.6) is 5.75 Å². The molecule has 0 aliphatic carbocycles. The zero-order chi connectivity index (χ0) is 27.3. The molecule has 0 unspecified atom stereocenters. The van der Waals surface area contributed by atoms with Gasteiger partial charge in [0.2, 0.25) is 23.5 Å². The maximum Gasteiger partial charge on any atom is 0.239 e. The number of aryl methyl sites for hydroxylation is 1. The van der Waals surface area contributed by atoms with Gasteiger partial charge in [-0.2, -0.15) is 12.6 Å². The number of nitrogens with zero attached hydrogens (tertiary/aromatic N) is 1. The van der Waals surface area contributed by atoms with Crippen molar-refractivity contribution in [2.75, 3.05) is 32.0 Å². The number of ether oxygens (including phenoxy) is 1. The van der Waals surface area contributed by atoms with E-state index in [1.165, 1.54) is 5.69 Å². The number of Topliss-reactive ketones (excluding diaryl/α,β-unsaturated/α-hetero) is 1. The monoisotopic (exact) mass is 542 g/mol. The Balaban J connectivity index is 1.23. The highest BCUT2D eigenvalue weighted by Crippen LogP contribution is 2.22. The number of nitrogens with one attached hydrogen (secondary N) is 3. The fourth-order valence-corrected chi connectivity index (χ4v) is 4.19. The molecule has 3 amide bonds. The Morgan fingerprint density at radius 2 is 1.50 bits per heavy atom. The molecule has 0 bridgehead atoms. The second-order valence-corrected chi connectivity index (χ2v) is 9.32. The van der Waals surface area contributed by atoms with Gasteiger partial charge in [-0.15, -0.1) is 0 Å². The van der Waals surface area contributed by atoms with E-state index < -0.39 is 11.8 Å². The molecule has 1 aliphatic heterocycles. The highest BCUT2D eigenvalue weighted by Gasteiger charge is 2.19. The third-order valence-electron chi connectivity index (χ3n) is 6.12.